The van der Waals surface area contributed by atoms with Gasteiger partial charge in [-0.15, -0.1) is 10.2 Å². The number of methoxy groups -OCH3 is 1. The van der Waals surface area contributed by atoms with Gasteiger partial charge in [-0.05, 0) is 54.1 Å². The minimum absolute atomic E-state index is 0.272. The van der Waals surface area contributed by atoms with Gasteiger partial charge in [-0.25, -0.2) is 9.38 Å². The van der Waals surface area contributed by atoms with Gasteiger partial charge in [0, 0.05) is 11.8 Å². The molecule has 22 heavy (non-hydrogen) atoms. The second kappa shape index (κ2) is 6.44. The number of ether oxygens (including phenoxy) is 1. The zero-order valence-corrected chi connectivity index (χ0v) is 12.5. The standard InChI is InChI=1S/C16H12FN3OS/c1-21-14-8-2-11(3-9-14)10-18-16-20-19-15(22-16)12-4-6-13(17)7-5-12/h2-10H,1H3/b18-10+. The lowest BCUT2D eigenvalue weighted by atomic mass is 10.2. The smallest absolute Gasteiger partial charge is 0.231 e. The van der Waals surface area contributed by atoms with E-state index < -0.39 is 0 Å². The third kappa shape index (κ3) is 3.35. The molecule has 1 aromatic heterocycles. The van der Waals surface area contributed by atoms with Gasteiger partial charge in [0.2, 0.25) is 5.13 Å². The SMILES string of the molecule is COc1ccc(/C=N/c2nnc(-c3ccc(F)cc3)s2)cc1. The van der Waals surface area contributed by atoms with E-state index >= 15 is 0 Å². The number of aromatic nitrogens is 2. The van der Waals surface area contributed by atoms with Gasteiger partial charge in [0.15, 0.2) is 0 Å². The zero-order chi connectivity index (χ0) is 15.4. The van der Waals surface area contributed by atoms with Crippen molar-refractivity contribution in [1.82, 2.24) is 10.2 Å². The van der Waals surface area contributed by atoms with Crippen molar-refractivity contribution in [1.29, 1.82) is 0 Å². The van der Waals surface area contributed by atoms with E-state index in [9.17, 15) is 4.39 Å². The van der Waals surface area contributed by atoms with Crippen LogP contribution in [0.15, 0.2) is 53.5 Å². The molecule has 0 saturated heterocycles. The highest BCUT2D eigenvalue weighted by Gasteiger charge is 2.05. The second-order valence-electron chi connectivity index (χ2n) is 4.43. The highest BCUT2D eigenvalue weighted by Crippen LogP contribution is 2.28. The molecule has 3 rings (SSSR count). The number of hydrogen-bond acceptors (Lipinski definition) is 5. The largest absolute Gasteiger partial charge is 0.497 e. The summed E-state index contributed by atoms with van der Waals surface area (Å²) in [4.78, 5) is 4.30. The van der Waals surface area contributed by atoms with Crippen molar-refractivity contribution in [3.8, 4) is 16.3 Å². The summed E-state index contributed by atoms with van der Waals surface area (Å²) in [5, 5.41) is 9.35. The Morgan fingerprint density at radius 3 is 2.45 bits per heavy atom. The first-order valence-corrected chi connectivity index (χ1v) is 7.34. The Morgan fingerprint density at radius 1 is 1.05 bits per heavy atom. The summed E-state index contributed by atoms with van der Waals surface area (Å²) < 4.78 is 18.0. The fourth-order valence-corrected chi connectivity index (χ4v) is 2.49. The lowest BCUT2D eigenvalue weighted by Crippen LogP contribution is -1.84. The average Bonchev–Trinajstić information content (AvgIpc) is 3.03. The fourth-order valence-electron chi connectivity index (χ4n) is 1.80. The minimum Gasteiger partial charge on any atom is -0.497 e. The summed E-state index contributed by atoms with van der Waals surface area (Å²) in [6.07, 6.45) is 1.72. The Bertz CT molecular complexity index is 782. The Kier molecular flexibility index (Phi) is 4.20. The molecule has 0 spiro atoms. The molecule has 0 amide bonds. The molecule has 0 saturated carbocycles. The molecule has 0 N–H and O–H groups in total. The van der Waals surface area contributed by atoms with Crippen LogP contribution >= 0.6 is 11.3 Å². The summed E-state index contributed by atoms with van der Waals surface area (Å²) in [5.41, 5.74) is 1.77. The molecule has 0 fully saturated rings. The molecule has 0 aliphatic heterocycles. The number of benzene rings is 2. The van der Waals surface area contributed by atoms with Crippen LogP contribution in [-0.2, 0) is 0 Å². The Balaban J connectivity index is 1.75. The summed E-state index contributed by atoms with van der Waals surface area (Å²) in [6.45, 7) is 0. The highest BCUT2D eigenvalue weighted by atomic mass is 32.1. The van der Waals surface area contributed by atoms with Gasteiger partial charge in [-0.1, -0.05) is 11.3 Å². The third-order valence-corrected chi connectivity index (χ3v) is 3.83. The van der Waals surface area contributed by atoms with Crippen LogP contribution in [0.2, 0.25) is 0 Å². The Labute approximate surface area is 130 Å². The van der Waals surface area contributed by atoms with Crippen LogP contribution in [0.3, 0.4) is 0 Å². The number of nitrogens with zero attached hydrogens (tertiary/aromatic N) is 3. The van der Waals surface area contributed by atoms with E-state index in [1.54, 1.807) is 25.5 Å². The van der Waals surface area contributed by atoms with E-state index in [-0.39, 0.29) is 5.82 Å². The lowest BCUT2D eigenvalue weighted by molar-refractivity contribution is 0.415. The molecule has 4 nitrogen and oxygen atoms in total. The van der Waals surface area contributed by atoms with Crippen LogP contribution in [0.4, 0.5) is 9.52 Å². The summed E-state index contributed by atoms with van der Waals surface area (Å²) in [6, 6.07) is 13.7. The van der Waals surface area contributed by atoms with Gasteiger partial charge in [0.25, 0.3) is 0 Å². The molecule has 110 valence electrons. The van der Waals surface area contributed by atoms with Gasteiger partial charge in [0.05, 0.1) is 7.11 Å². The van der Waals surface area contributed by atoms with Crippen LogP contribution < -0.4 is 4.74 Å². The van der Waals surface area contributed by atoms with E-state index in [2.05, 4.69) is 15.2 Å². The van der Waals surface area contributed by atoms with Crippen LogP contribution in [0.1, 0.15) is 5.56 Å². The van der Waals surface area contributed by atoms with Gasteiger partial charge >= 0.3 is 0 Å². The quantitative estimate of drug-likeness (QED) is 0.681. The number of hydrogen-bond donors (Lipinski definition) is 0. The molecule has 1 heterocycles. The molecule has 6 heteroatoms. The predicted octanol–water partition coefficient (Wildman–Crippen LogP) is 4.10. The van der Waals surface area contributed by atoms with Gasteiger partial charge in [-0.3, -0.25) is 0 Å². The van der Waals surface area contributed by atoms with Gasteiger partial charge in [0.1, 0.15) is 16.6 Å². The maximum absolute atomic E-state index is 12.9. The average molecular weight is 313 g/mol. The maximum atomic E-state index is 12.9. The van der Waals surface area contributed by atoms with E-state index in [0.29, 0.717) is 10.1 Å². The Morgan fingerprint density at radius 2 is 1.77 bits per heavy atom. The molecular formula is C16H12FN3OS. The first-order valence-electron chi connectivity index (χ1n) is 6.52. The lowest BCUT2D eigenvalue weighted by Gasteiger charge is -1.98. The molecule has 0 bridgehead atoms. The Hall–Kier alpha value is -2.60. The fraction of sp³-hybridized carbons (Fsp3) is 0.0625. The van der Waals surface area contributed by atoms with Crippen molar-refractivity contribution in [3.05, 3.63) is 59.9 Å². The second-order valence-corrected chi connectivity index (χ2v) is 5.38. The van der Waals surface area contributed by atoms with Crippen molar-refractivity contribution in [2.24, 2.45) is 4.99 Å². The first kappa shape index (κ1) is 14.3. The van der Waals surface area contributed by atoms with Crippen LogP contribution in [0, 0.1) is 5.82 Å². The van der Waals surface area contributed by atoms with E-state index in [1.807, 2.05) is 24.3 Å². The van der Waals surface area contributed by atoms with Crippen LogP contribution in [0.25, 0.3) is 10.6 Å². The summed E-state index contributed by atoms with van der Waals surface area (Å²) in [5.74, 6) is 0.526. The third-order valence-electron chi connectivity index (χ3n) is 2.95. The zero-order valence-electron chi connectivity index (χ0n) is 11.7. The normalized spacial score (nSPS) is 11.0. The van der Waals surface area contributed by atoms with Gasteiger partial charge in [-0.2, -0.15) is 0 Å². The molecule has 0 aliphatic rings. The van der Waals surface area contributed by atoms with Crippen LogP contribution in [0.5, 0.6) is 5.75 Å². The molecule has 2 aromatic carbocycles. The van der Waals surface area contributed by atoms with Crippen molar-refractivity contribution in [2.75, 3.05) is 7.11 Å². The maximum Gasteiger partial charge on any atom is 0.231 e. The monoisotopic (exact) mass is 313 g/mol. The molecule has 0 unspecified atom stereocenters. The predicted molar refractivity (Wildman–Crippen MR) is 85.6 cm³/mol. The van der Waals surface area contributed by atoms with Gasteiger partial charge < -0.3 is 4.74 Å². The minimum atomic E-state index is -0.272. The number of halogens is 1. The molecular weight excluding hydrogens is 301 g/mol. The number of aliphatic imine (C=N–C) groups is 1. The van der Waals surface area contributed by atoms with Crippen LogP contribution in [-0.4, -0.2) is 23.5 Å². The van der Waals surface area contributed by atoms with Crippen molar-refractivity contribution in [3.63, 3.8) is 0 Å². The molecule has 3 aromatic rings. The van der Waals surface area contributed by atoms with Crippen molar-refractivity contribution in [2.45, 2.75) is 0 Å². The molecule has 0 radical (unpaired) electrons. The topological polar surface area (TPSA) is 47.4 Å². The molecule has 0 atom stereocenters. The van der Waals surface area contributed by atoms with Crippen molar-refractivity contribution < 1.29 is 9.13 Å². The summed E-state index contributed by atoms with van der Waals surface area (Å²) in [7, 11) is 1.63. The van der Waals surface area contributed by atoms with E-state index in [0.717, 1.165) is 16.9 Å². The highest BCUT2D eigenvalue weighted by molar-refractivity contribution is 7.18. The van der Waals surface area contributed by atoms with E-state index in [1.165, 1.54) is 23.5 Å². The van der Waals surface area contributed by atoms with E-state index in [4.69, 9.17) is 4.74 Å². The first-order chi connectivity index (χ1) is 10.7. The van der Waals surface area contributed by atoms with Crippen molar-refractivity contribution >= 4 is 22.7 Å². The number of rotatable bonds is 4. The summed E-state index contributed by atoms with van der Waals surface area (Å²) >= 11 is 1.35. The molecule has 0 aliphatic carbocycles.